The molecular weight excluding hydrogens is 326 g/mol. The maximum atomic E-state index is 11.9. The van der Waals surface area contributed by atoms with Gasteiger partial charge in [0.05, 0.1) is 18.4 Å². The zero-order chi connectivity index (χ0) is 16.2. The molecule has 0 aliphatic rings. The van der Waals surface area contributed by atoms with E-state index in [1.54, 1.807) is 24.3 Å². The van der Waals surface area contributed by atoms with Gasteiger partial charge in [-0.1, -0.05) is 23.7 Å². The van der Waals surface area contributed by atoms with Crippen LogP contribution in [0, 0.1) is 0 Å². The van der Waals surface area contributed by atoms with Crippen LogP contribution in [0.4, 0.5) is 0 Å². The maximum absolute atomic E-state index is 11.9. The first-order chi connectivity index (χ1) is 10.4. The molecule has 2 rings (SSSR count). The number of carbonyl (C=O) groups is 1. The molecule has 0 radical (unpaired) electrons. The lowest BCUT2D eigenvalue weighted by atomic mass is 10.2. The standard InChI is InChI=1S/C14H14ClN3O3S/c1-22(20,21)18(8-11-2-4-13(15)5-3-11)9-14-16-6-12(10-19)7-17-14/h2-7,10H,8-9H2,1H3. The summed E-state index contributed by atoms with van der Waals surface area (Å²) in [7, 11) is -3.44. The molecule has 0 fully saturated rings. The molecule has 0 bridgehead atoms. The Balaban J connectivity index is 2.19. The summed E-state index contributed by atoms with van der Waals surface area (Å²) >= 11 is 5.82. The van der Waals surface area contributed by atoms with E-state index in [9.17, 15) is 13.2 Å². The van der Waals surface area contributed by atoms with E-state index in [2.05, 4.69) is 9.97 Å². The summed E-state index contributed by atoms with van der Waals surface area (Å²) < 4.78 is 25.1. The summed E-state index contributed by atoms with van der Waals surface area (Å²) in [4.78, 5) is 18.5. The fourth-order valence-corrected chi connectivity index (χ4v) is 2.61. The zero-order valence-corrected chi connectivity index (χ0v) is 13.4. The summed E-state index contributed by atoms with van der Waals surface area (Å²) in [5.74, 6) is 0.324. The highest BCUT2D eigenvalue weighted by Gasteiger charge is 2.18. The van der Waals surface area contributed by atoms with Gasteiger partial charge in [-0.3, -0.25) is 4.79 Å². The van der Waals surface area contributed by atoms with Crippen molar-refractivity contribution < 1.29 is 13.2 Å². The summed E-state index contributed by atoms with van der Waals surface area (Å²) in [6.45, 7) is 0.218. The number of halogens is 1. The highest BCUT2D eigenvalue weighted by atomic mass is 35.5. The molecule has 6 nitrogen and oxygen atoms in total. The Morgan fingerprint density at radius 1 is 1.14 bits per heavy atom. The van der Waals surface area contributed by atoms with Gasteiger partial charge in [0.25, 0.3) is 0 Å². The Bertz CT molecular complexity index is 746. The van der Waals surface area contributed by atoms with Crippen molar-refractivity contribution in [3.63, 3.8) is 0 Å². The van der Waals surface area contributed by atoms with Gasteiger partial charge in [-0.25, -0.2) is 18.4 Å². The van der Waals surface area contributed by atoms with Crippen LogP contribution in [0.15, 0.2) is 36.7 Å². The molecule has 0 saturated heterocycles. The van der Waals surface area contributed by atoms with Crippen LogP contribution in [0.3, 0.4) is 0 Å². The molecule has 0 aliphatic carbocycles. The summed E-state index contributed by atoms with van der Waals surface area (Å²) in [6.07, 6.45) is 4.48. The highest BCUT2D eigenvalue weighted by molar-refractivity contribution is 7.88. The second-order valence-electron chi connectivity index (χ2n) is 4.71. The summed E-state index contributed by atoms with van der Waals surface area (Å²) in [6, 6.07) is 6.92. The normalized spacial score (nSPS) is 11.6. The summed E-state index contributed by atoms with van der Waals surface area (Å²) in [5, 5.41) is 0.586. The van der Waals surface area contributed by atoms with Gasteiger partial charge < -0.3 is 0 Å². The first kappa shape index (κ1) is 16.5. The van der Waals surface area contributed by atoms with Crippen molar-refractivity contribution in [2.75, 3.05) is 6.26 Å². The predicted molar refractivity (Wildman–Crippen MR) is 83.0 cm³/mol. The summed E-state index contributed by atoms with van der Waals surface area (Å²) in [5.41, 5.74) is 1.15. The third-order valence-electron chi connectivity index (χ3n) is 2.92. The van der Waals surface area contributed by atoms with Crippen LogP contribution in [0.2, 0.25) is 5.02 Å². The second kappa shape index (κ2) is 6.95. The minimum absolute atomic E-state index is 0.0284. The lowest BCUT2D eigenvalue weighted by Crippen LogP contribution is -2.29. The minimum atomic E-state index is -3.44. The fraction of sp³-hybridized carbons (Fsp3) is 0.214. The number of rotatable bonds is 6. The van der Waals surface area contributed by atoms with E-state index in [4.69, 9.17) is 11.6 Å². The molecule has 116 valence electrons. The van der Waals surface area contributed by atoms with Crippen LogP contribution in [0.25, 0.3) is 0 Å². The van der Waals surface area contributed by atoms with Crippen molar-refractivity contribution in [3.05, 3.63) is 58.6 Å². The topological polar surface area (TPSA) is 80.2 Å². The lowest BCUT2D eigenvalue weighted by Gasteiger charge is -2.19. The van der Waals surface area contributed by atoms with Gasteiger partial charge in [0.2, 0.25) is 10.0 Å². The van der Waals surface area contributed by atoms with Crippen LogP contribution >= 0.6 is 11.6 Å². The van der Waals surface area contributed by atoms with Crippen LogP contribution in [-0.2, 0) is 23.1 Å². The van der Waals surface area contributed by atoms with E-state index in [0.717, 1.165) is 11.8 Å². The largest absolute Gasteiger partial charge is 0.298 e. The Kier molecular flexibility index (Phi) is 5.23. The second-order valence-corrected chi connectivity index (χ2v) is 7.13. The molecule has 2 aromatic rings. The van der Waals surface area contributed by atoms with E-state index >= 15 is 0 Å². The number of benzene rings is 1. The zero-order valence-electron chi connectivity index (χ0n) is 11.8. The molecule has 1 aromatic carbocycles. The van der Waals surface area contributed by atoms with Crippen molar-refractivity contribution in [3.8, 4) is 0 Å². The van der Waals surface area contributed by atoms with Crippen molar-refractivity contribution in [1.82, 2.24) is 14.3 Å². The van der Waals surface area contributed by atoms with Gasteiger partial charge in [0.15, 0.2) is 6.29 Å². The predicted octanol–water partition coefficient (Wildman–Crippen LogP) is 1.90. The van der Waals surface area contributed by atoms with E-state index in [0.29, 0.717) is 22.7 Å². The molecule has 0 amide bonds. The quantitative estimate of drug-likeness (QED) is 0.751. The number of carbonyl (C=O) groups excluding carboxylic acids is 1. The van der Waals surface area contributed by atoms with E-state index < -0.39 is 10.0 Å². The average molecular weight is 340 g/mol. The molecular formula is C14H14ClN3O3S. The molecule has 22 heavy (non-hydrogen) atoms. The van der Waals surface area contributed by atoms with Crippen LogP contribution in [-0.4, -0.2) is 35.2 Å². The van der Waals surface area contributed by atoms with Crippen molar-refractivity contribution in [2.24, 2.45) is 0 Å². The average Bonchev–Trinajstić information content (AvgIpc) is 2.48. The molecule has 8 heteroatoms. The molecule has 0 N–H and O–H groups in total. The van der Waals surface area contributed by atoms with Crippen molar-refractivity contribution in [2.45, 2.75) is 13.1 Å². The first-order valence-electron chi connectivity index (χ1n) is 6.34. The van der Waals surface area contributed by atoms with Crippen LogP contribution in [0.5, 0.6) is 0 Å². The minimum Gasteiger partial charge on any atom is -0.298 e. The Labute approximate surface area is 133 Å². The third kappa shape index (κ3) is 4.59. The molecule has 0 spiro atoms. The fourth-order valence-electron chi connectivity index (χ4n) is 1.75. The number of aldehydes is 1. The highest BCUT2D eigenvalue weighted by Crippen LogP contribution is 2.14. The van der Waals surface area contributed by atoms with Gasteiger partial charge in [-0.05, 0) is 17.7 Å². The van der Waals surface area contributed by atoms with Crippen molar-refractivity contribution in [1.29, 1.82) is 0 Å². The first-order valence-corrected chi connectivity index (χ1v) is 8.57. The van der Waals surface area contributed by atoms with Gasteiger partial charge in [0, 0.05) is 24.0 Å². The molecule has 0 saturated carbocycles. The van der Waals surface area contributed by atoms with Crippen LogP contribution in [0.1, 0.15) is 21.7 Å². The molecule has 1 heterocycles. The van der Waals surface area contributed by atoms with Crippen LogP contribution < -0.4 is 0 Å². The van der Waals surface area contributed by atoms with Crippen molar-refractivity contribution >= 4 is 27.9 Å². The SMILES string of the molecule is CS(=O)(=O)N(Cc1ccc(Cl)cc1)Cc1ncc(C=O)cn1. The van der Waals surface area contributed by atoms with Gasteiger partial charge in [-0.2, -0.15) is 4.31 Å². The molecule has 0 atom stereocenters. The Morgan fingerprint density at radius 2 is 1.73 bits per heavy atom. The molecule has 1 aromatic heterocycles. The lowest BCUT2D eigenvalue weighted by molar-refractivity contribution is 0.112. The Morgan fingerprint density at radius 3 is 2.23 bits per heavy atom. The number of nitrogens with zero attached hydrogens (tertiary/aromatic N) is 3. The van der Waals surface area contributed by atoms with Gasteiger partial charge in [0.1, 0.15) is 5.82 Å². The number of aromatic nitrogens is 2. The smallest absolute Gasteiger partial charge is 0.211 e. The molecule has 0 unspecified atom stereocenters. The van der Waals surface area contributed by atoms with E-state index in [1.807, 2.05) is 0 Å². The number of sulfonamides is 1. The van der Waals surface area contributed by atoms with E-state index in [1.165, 1.54) is 16.7 Å². The van der Waals surface area contributed by atoms with Gasteiger partial charge >= 0.3 is 0 Å². The third-order valence-corrected chi connectivity index (χ3v) is 4.37. The van der Waals surface area contributed by atoms with E-state index in [-0.39, 0.29) is 13.1 Å². The van der Waals surface area contributed by atoms with Gasteiger partial charge in [-0.15, -0.1) is 0 Å². The molecule has 0 aliphatic heterocycles. The maximum Gasteiger partial charge on any atom is 0.211 e. The number of hydrogen-bond acceptors (Lipinski definition) is 5. The Hall–Kier alpha value is -1.83. The number of hydrogen-bond donors (Lipinski definition) is 0. The monoisotopic (exact) mass is 339 g/mol.